The zero-order chi connectivity index (χ0) is 8.97. The fourth-order valence-corrected chi connectivity index (χ4v) is 0.937. The molecule has 2 heteroatoms. The van der Waals surface area contributed by atoms with Crippen molar-refractivity contribution < 1.29 is 4.42 Å². The van der Waals surface area contributed by atoms with Gasteiger partial charge in [-0.15, -0.1) is 0 Å². The zero-order valence-electron chi connectivity index (χ0n) is 7.33. The van der Waals surface area contributed by atoms with Gasteiger partial charge in [0.2, 0.25) is 0 Å². The van der Waals surface area contributed by atoms with Crippen molar-refractivity contribution in [3.8, 4) is 0 Å². The molecule has 0 aliphatic carbocycles. The number of hydrogen-bond donors (Lipinski definition) is 0. The maximum absolute atomic E-state index is 10.7. The predicted molar refractivity (Wildman–Crippen MR) is 49.0 cm³/mol. The Hall–Kier alpha value is -1.31. The minimum absolute atomic E-state index is 0.291. The summed E-state index contributed by atoms with van der Waals surface area (Å²) in [4.78, 5) is 10.7. The molecule has 2 nitrogen and oxygen atoms in total. The second kappa shape index (κ2) is 3.90. The molecule has 0 spiro atoms. The van der Waals surface area contributed by atoms with Crippen LogP contribution < -0.4 is 5.63 Å². The summed E-state index contributed by atoms with van der Waals surface area (Å²) in [6.07, 6.45) is 4.97. The maximum atomic E-state index is 10.7. The van der Waals surface area contributed by atoms with Gasteiger partial charge in [-0.1, -0.05) is 19.1 Å². The lowest BCUT2D eigenvalue weighted by Gasteiger charge is -1.95. The number of aryl methyl sites for hydroxylation is 1. The van der Waals surface area contributed by atoms with Gasteiger partial charge in [-0.2, -0.15) is 0 Å². The highest BCUT2D eigenvalue weighted by atomic mass is 16.4. The molecule has 0 aromatic carbocycles. The van der Waals surface area contributed by atoms with Gasteiger partial charge in [-0.3, -0.25) is 0 Å². The van der Waals surface area contributed by atoms with Crippen LogP contribution in [-0.2, 0) is 0 Å². The van der Waals surface area contributed by atoms with Gasteiger partial charge in [0.15, 0.2) is 0 Å². The van der Waals surface area contributed by atoms with E-state index in [1.807, 2.05) is 12.2 Å². The fraction of sp³-hybridized carbons (Fsp3) is 0.300. The van der Waals surface area contributed by atoms with E-state index in [9.17, 15) is 4.79 Å². The Labute approximate surface area is 71.5 Å². The van der Waals surface area contributed by atoms with E-state index in [0.29, 0.717) is 5.76 Å². The third-order valence-electron chi connectivity index (χ3n) is 1.59. The molecule has 1 heterocycles. The molecule has 0 bridgehead atoms. The highest BCUT2D eigenvalue weighted by molar-refractivity contribution is 5.50. The minimum Gasteiger partial charge on any atom is -0.428 e. The van der Waals surface area contributed by atoms with E-state index in [1.54, 1.807) is 13.0 Å². The highest BCUT2D eigenvalue weighted by Gasteiger charge is 1.95. The molecule has 0 radical (unpaired) electrons. The molecule has 0 saturated carbocycles. The van der Waals surface area contributed by atoms with Gasteiger partial charge in [0.05, 0.1) is 0 Å². The van der Waals surface area contributed by atoms with Gasteiger partial charge in [0.1, 0.15) is 5.76 Å². The molecule has 0 N–H and O–H groups in total. The summed E-state index contributed by atoms with van der Waals surface area (Å²) in [6.45, 7) is 3.85. The molecule has 0 aliphatic heterocycles. The summed E-state index contributed by atoms with van der Waals surface area (Å²) in [6, 6.07) is 3.20. The lowest BCUT2D eigenvalue weighted by molar-refractivity contribution is 0.479. The molecule has 64 valence electrons. The fourth-order valence-electron chi connectivity index (χ4n) is 0.937. The van der Waals surface area contributed by atoms with E-state index in [-0.39, 0.29) is 5.63 Å². The molecular weight excluding hydrogens is 152 g/mol. The maximum Gasteiger partial charge on any atom is 0.335 e. The summed E-state index contributed by atoms with van der Waals surface area (Å²) in [5.41, 5.74) is 0.678. The van der Waals surface area contributed by atoms with Crippen molar-refractivity contribution in [1.29, 1.82) is 0 Å². The second-order valence-electron chi connectivity index (χ2n) is 2.58. The third-order valence-corrected chi connectivity index (χ3v) is 1.59. The monoisotopic (exact) mass is 164 g/mol. The quantitative estimate of drug-likeness (QED) is 0.671. The van der Waals surface area contributed by atoms with Gasteiger partial charge in [-0.05, 0) is 19.4 Å². The van der Waals surface area contributed by atoms with Crippen LogP contribution in [0.5, 0.6) is 0 Å². The first-order valence-electron chi connectivity index (χ1n) is 4.01. The number of hydrogen-bond acceptors (Lipinski definition) is 2. The van der Waals surface area contributed by atoms with Crippen LogP contribution in [0.1, 0.15) is 24.7 Å². The lowest BCUT2D eigenvalue weighted by Crippen LogP contribution is -1.97. The highest BCUT2D eigenvalue weighted by Crippen LogP contribution is 2.06. The van der Waals surface area contributed by atoms with Gasteiger partial charge >= 0.3 is 5.63 Å². The molecule has 0 atom stereocenters. The van der Waals surface area contributed by atoms with Gasteiger partial charge in [0, 0.05) is 11.6 Å². The molecule has 12 heavy (non-hydrogen) atoms. The molecule has 1 rings (SSSR count). The molecule has 0 amide bonds. The summed E-state index contributed by atoms with van der Waals surface area (Å²) in [5, 5.41) is 0. The van der Waals surface area contributed by atoms with E-state index < -0.39 is 0 Å². The summed E-state index contributed by atoms with van der Waals surface area (Å²) in [7, 11) is 0. The molecule has 1 aromatic rings. The van der Waals surface area contributed by atoms with Crippen LogP contribution in [0.2, 0.25) is 0 Å². The van der Waals surface area contributed by atoms with Crippen LogP contribution in [0.15, 0.2) is 27.4 Å². The predicted octanol–water partition coefficient (Wildman–Crippen LogP) is 2.37. The number of allylic oxidation sites excluding steroid dienone is 1. The summed E-state index contributed by atoms with van der Waals surface area (Å²) < 4.78 is 4.90. The van der Waals surface area contributed by atoms with E-state index in [4.69, 9.17) is 4.42 Å². The Morgan fingerprint density at radius 1 is 1.50 bits per heavy atom. The SMILES string of the molecule is CC/C=C\c1ccc(=O)oc1C. The first-order chi connectivity index (χ1) is 5.74. The molecule has 1 aromatic heterocycles. The minimum atomic E-state index is -0.291. The van der Waals surface area contributed by atoms with E-state index in [2.05, 4.69) is 6.92 Å². The van der Waals surface area contributed by atoms with Gasteiger partial charge in [-0.25, -0.2) is 4.79 Å². The van der Waals surface area contributed by atoms with Crippen molar-refractivity contribution in [3.63, 3.8) is 0 Å². The Morgan fingerprint density at radius 3 is 2.83 bits per heavy atom. The average Bonchev–Trinajstić information content (AvgIpc) is 2.03. The van der Waals surface area contributed by atoms with E-state index in [1.165, 1.54) is 6.07 Å². The number of rotatable bonds is 2. The normalized spacial score (nSPS) is 10.8. The molecular formula is C10H12O2. The Kier molecular flexibility index (Phi) is 2.86. The lowest BCUT2D eigenvalue weighted by atomic mass is 10.2. The summed E-state index contributed by atoms with van der Waals surface area (Å²) in [5.74, 6) is 0.673. The topological polar surface area (TPSA) is 30.2 Å². The van der Waals surface area contributed by atoms with E-state index in [0.717, 1.165) is 12.0 Å². The molecule has 0 fully saturated rings. The van der Waals surface area contributed by atoms with Crippen molar-refractivity contribution >= 4 is 6.08 Å². The largest absolute Gasteiger partial charge is 0.428 e. The smallest absolute Gasteiger partial charge is 0.335 e. The average molecular weight is 164 g/mol. The third kappa shape index (κ3) is 2.09. The molecule has 0 unspecified atom stereocenters. The van der Waals surface area contributed by atoms with Crippen LogP contribution in [0.25, 0.3) is 6.08 Å². The first-order valence-corrected chi connectivity index (χ1v) is 4.01. The first kappa shape index (κ1) is 8.78. The zero-order valence-corrected chi connectivity index (χ0v) is 7.33. The van der Waals surface area contributed by atoms with Gasteiger partial charge < -0.3 is 4.42 Å². The van der Waals surface area contributed by atoms with E-state index >= 15 is 0 Å². The van der Waals surface area contributed by atoms with Crippen molar-refractivity contribution in [3.05, 3.63) is 40.0 Å². The van der Waals surface area contributed by atoms with Crippen molar-refractivity contribution in [2.75, 3.05) is 0 Å². The van der Waals surface area contributed by atoms with Crippen LogP contribution >= 0.6 is 0 Å². The van der Waals surface area contributed by atoms with Crippen LogP contribution in [0, 0.1) is 6.92 Å². The van der Waals surface area contributed by atoms with Gasteiger partial charge in [0.25, 0.3) is 0 Å². The Morgan fingerprint density at radius 2 is 2.25 bits per heavy atom. The standard InChI is InChI=1S/C10H12O2/c1-3-4-5-9-6-7-10(11)12-8(9)2/h4-7H,3H2,1-2H3/b5-4-. The second-order valence-corrected chi connectivity index (χ2v) is 2.58. The van der Waals surface area contributed by atoms with Crippen molar-refractivity contribution in [1.82, 2.24) is 0 Å². The Balaban J connectivity index is 3.01. The Bertz CT molecular complexity index is 334. The molecule has 0 aliphatic rings. The van der Waals surface area contributed by atoms with Crippen molar-refractivity contribution in [2.24, 2.45) is 0 Å². The van der Waals surface area contributed by atoms with Crippen LogP contribution in [0.4, 0.5) is 0 Å². The molecule has 0 saturated heterocycles. The van der Waals surface area contributed by atoms with Crippen LogP contribution in [0.3, 0.4) is 0 Å². The summed E-state index contributed by atoms with van der Waals surface area (Å²) >= 11 is 0. The van der Waals surface area contributed by atoms with Crippen LogP contribution in [-0.4, -0.2) is 0 Å². The van der Waals surface area contributed by atoms with Crippen molar-refractivity contribution in [2.45, 2.75) is 20.3 Å².